The number of fused-ring (bicyclic) bond motifs is 1. The number of hydrogen-bond acceptors (Lipinski definition) is 7. The monoisotopic (exact) mass is 552 g/mol. The summed E-state index contributed by atoms with van der Waals surface area (Å²) in [5.74, 6) is 0.0804. The van der Waals surface area contributed by atoms with Gasteiger partial charge in [0.15, 0.2) is 6.29 Å². The number of thioether (sulfide) groups is 1. The minimum absolute atomic E-state index is 0.0180. The molecule has 6 rings (SSSR count). The molecule has 4 atom stereocenters. The topological polar surface area (TPSA) is 89.0 Å². The summed E-state index contributed by atoms with van der Waals surface area (Å²) in [6, 6.07) is 27.7. The van der Waals surface area contributed by atoms with Crippen molar-refractivity contribution in [2.75, 3.05) is 10.7 Å². The van der Waals surface area contributed by atoms with Crippen molar-refractivity contribution in [3.8, 4) is 0 Å². The van der Waals surface area contributed by atoms with Crippen LogP contribution in [0.4, 0.5) is 5.69 Å². The van der Waals surface area contributed by atoms with Gasteiger partial charge in [-0.2, -0.15) is 0 Å². The van der Waals surface area contributed by atoms with Crippen LogP contribution in [0.1, 0.15) is 56.7 Å². The number of amides is 2. The fourth-order valence-corrected chi connectivity index (χ4v) is 6.14. The zero-order valence-electron chi connectivity index (χ0n) is 21.8. The minimum atomic E-state index is -0.649. The van der Waals surface area contributed by atoms with E-state index in [1.807, 2.05) is 54.6 Å². The lowest BCUT2D eigenvalue weighted by molar-refractivity contribution is -0.268. The highest BCUT2D eigenvalue weighted by Crippen LogP contribution is 2.43. The van der Waals surface area contributed by atoms with E-state index in [0.717, 1.165) is 21.7 Å². The summed E-state index contributed by atoms with van der Waals surface area (Å²) < 4.78 is 13.0. The maximum absolute atomic E-state index is 12.9. The summed E-state index contributed by atoms with van der Waals surface area (Å²) in [5, 5.41) is 10.4. The van der Waals surface area contributed by atoms with Gasteiger partial charge in [-0.3, -0.25) is 9.59 Å². The number of imide groups is 1. The summed E-state index contributed by atoms with van der Waals surface area (Å²) in [6.45, 7) is 2.10. The molecule has 0 bridgehead atoms. The molecule has 7 nitrogen and oxygen atoms in total. The first kappa shape index (κ1) is 26.4. The van der Waals surface area contributed by atoms with Crippen LogP contribution in [0.3, 0.4) is 0 Å². The van der Waals surface area contributed by atoms with Gasteiger partial charge in [0, 0.05) is 23.4 Å². The lowest BCUT2D eigenvalue weighted by atomic mass is 9.91. The molecule has 0 aliphatic carbocycles. The Morgan fingerprint density at radius 1 is 0.825 bits per heavy atom. The van der Waals surface area contributed by atoms with Gasteiger partial charge in [-0.15, -0.1) is 11.8 Å². The molecule has 0 radical (unpaired) electrons. The van der Waals surface area contributed by atoms with Gasteiger partial charge in [-0.1, -0.05) is 61.5 Å². The van der Waals surface area contributed by atoms with Crippen molar-refractivity contribution in [2.24, 2.45) is 5.92 Å². The van der Waals surface area contributed by atoms with Crippen LogP contribution >= 0.6 is 11.8 Å². The lowest BCUT2D eigenvalue weighted by Crippen LogP contribution is -2.38. The van der Waals surface area contributed by atoms with E-state index in [0.29, 0.717) is 22.6 Å². The number of anilines is 1. The predicted octanol–water partition coefficient (Wildman–Crippen LogP) is 5.96. The van der Waals surface area contributed by atoms with Crippen molar-refractivity contribution in [1.29, 1.82) is 0 Å². The van der Waals surface area contributed by atoms with Gasteiger partial charge in [0.2, 0.25) is 0 Å². The van der Waals surface area contributed by atoms with Crippen molar-refractivity contribution in [3.05, 3.63) is 125 Å². The molecule has 4 unspecified atom stereocenters. The maximum Gasteiger partial charge on any atom is 0.266 e. The standard InChI is InChI=1S/C32H28N2O5S/c1-20-27(19-40-28-8-4-5-17-33-28)38-32(39-29(20)22-11-9-21(18-35)10-12-22)23-13-15-24(16-14-23)34-30(36)25-6-2-3-7-26(25)31(34)37/h2-17,20,27,29,32,35H,18-19H2,1H3. The van der Waals surface area contributed by atoms with Crippen LogP contribution in [0.15, 0.2) is 102 Å². The minimum Gasteiger partial charge on any atom is -0.392 e. The Kier molecular flexibility index (Phi) is 7.49. The van der Waals surface area contributed by atoms with E-state index in [4.69, 9.17) is 9.47 Å². The molecule has 3 heterocycles. The average molecular weight is 553 g/mol. The van der Waals surface area contributed by atoms with E-state index in [1.165, 1.54) is 4.90 Å². The number of pyridine rings is 1. The van der Waals surface area contributed by atoms with Gasteiger partial charge in [0.05, 0.1) is 40.7 Å². The Hall–Kier alpha value is -3.82. The summed E-state index contributed by atoms with van der Waals surface area (Å²) >= 11 is 1.64. The Bertz CT molecular complexity index is 1480. The van der Waals surface area contributed by atoms with Crippen LogP contribution in [0.5, 0.6) is 0 Å². The quantitative estimate of drug-likeness (QED) is 0.224. The molecule has 1 aromatic heterocycles. The fraction of sp³-hybridized carbons (Fsp3) is 0.219. The first-order valence-electron chi connectivity index (χ1n) is 13.2. The van der Waals surface area contributed by atoms with Crippen molar-refractivity contribution in [1.82, 2.24) is 4.98 Å². The normalized spacial score (nSPS) is 22.4. The predicted molar refractivity (Wildman–Crippen MR) is 152 cm³/mol. The van der Waals surface area contributed by atoms with Crippen LogP contribution in [-0.2, 0) is 16.1 Å². The number of nitrogens with zero attached hydrogens (tertiary/aromatic N) is 2. The highest BCUT2D eigenvalue weighted by Gasteiger charge is 2.39. The number of ether oxygens (including phenoxy) is 2. The van der Waals surface area contributed by atoms with Gasteiger partial charge in [-0.05, 0) is 47.5 Å². The molecule has 2 aliphatic rings. The Morgan fingerprint density at radius 2 is 1.48 bits per heavy atom. The van der Waals surface area contributed by atoms with Crippen molar-refractivity contribution in [3.63, 3.8) is 0 Å². The number of benzene rings is 3. The average Bonchev–Trinajstić information content (AvgIpc) is 3.26. The molecule has 3 aromatic carbocycles. The molecule has 40 heavy (non-hydrogen) atoms. The highest BCUT2D eigenvalue weighted by molar-refractivity contribution is 7.99. The van der Waals surface area contributed by atoms with Crippen LogP contribution in [-0.4, -0.2) is 33.8 Å². The summed E-state index contributed by atoms with van der Waals surface area (Å²) in [4.78, 5) is 31.5. The second-order valence-corrected chi connectivity index (χ2v) is 10.9. The molecular formula is C32H28N2O5S. The van der Waals surface area contributed by atoms with E-state index >= 15 is 0 Å². The lowest BCUT2D eigenvalue weighted by Gasteiger charge is -2.41. The van der Waals surface area contributed by atoms with Gasteiger partial charge in [0.25, 0.3) is 11.8 Å². The summed E-state index contributed by atoms with van der Waals surface area (Å²) in [5.41, 5.74) is 3.95. The molecular weight excluding hydrogens is 524 g/mol. The van der Waals surface area contributed by atoms with E-state index in [9.17, 15) is 14.7 Å². The van der Waals surface area contributed by atoms with E-state index in [1.54, 1.807) is 54.4 Å². The van der Waals surface area contributed by atoms with Crippen LogP contribution in [0.25, 0.3) is 0 Å². The number of carbonyl (C=O) groups is 2. The SMILES string of the molecule is CC1C(CSc2ccccn2)OC(c2ccc(N3C(=O)c4ccccc4C3=O)cc2)OC1c1ccc(CO)cc1. The molecule has 2 aliphatic heterocycles. The largest absolute Gasteiger partial charge is 0.392 e. The number of aliphatic hydroxyl groups excluding tert-OH is 1. The number of aromatic nitrogens is 1. The van der Waals surface area contributed by atoms with Crippen molar-refractivity contribution >= 4 is 29.3 Å². The van der Waals surface area contributed by atoms with E-state index in [2.05, 4.69) is 11.9 Å². The summed E-state index contributed by atoms with van der Waals surface area (Å²) in [6.07, 6.45) is 0.756. The number of aliphatic hydroxyl groups is 1. The summed E-state index contributed by atoms with van der Waals surface area (Å²) in [7, 11) is 0. The molecule has 1 fully saturated rings. The van der Waals surface area contributed by atoms with Gasteiger partial charge >= 0.3 is 0 Å². The second-order valence-electron chi connectivity index (χ2n) is 9.88. The maximum atomic E-state index is 12.9. The Labute approximate surface area is 236 Å². The number of carbonyl (C=O) groups excluding carboxylic acids is 2. The van der Waals surface area contributed by atoms with Crippen molar-refractivity contribution < 1.29 is 24.2 Å². The fourth-order valence-electron chi connectivity index (χ4n) is 5.11. The molecule has 1 N–H and O–H groups in total. The first-order chi connectivity index (χ1) is 19.5. The van der Waals surface area contributed by atoms with Gasteiger partial charge in [0.1, 0.15) is 0 Å². The molecule has 0 spiro atoms. The Morgan fingerprint density at radius 3 is 2.10 bits per heavy atom. The zero-order valence-corrected chi connectivity index (χ0v) is 22.7. The van der Waals surface area contributed by atoms with Crippen LogP contribution < -0.4 is 4.90 Å². The molecule has 0 saturated carbocycles. The third kappa shape index (κ3) is 5.07. The first-order valence-corrected chi connectivity index (χ1v) is 14.1. The Balaban J connectivity index is 1.25. The third-order valence-corrected chi connectivity index (χ3v) is 8.41. The zero-order chi connectivity index (χ0) is 27.6. The van der Waals surface area contributed by atoms with Gasteiger partial charge < -0.3 is 14.6 Å². The second kappa shape index (κ2) is 11.3. The molecule has 1 saturated heterocycles. The third-order valence-electron chi connectivity index (χ3n) is 7.37. The van der Waals surface area contributed by atoms with E-state index < -0.39 is 6.29 Å². The number of hydrogen-bond donors (Lipinski definition) is 1. The van der Waals surface area contributed by atoms with Crippen molar-refractivity contribution in [2.45, 2.75) is 37.1 Å². The van der Waals surface area contributed by atoms with Crippen LogP contribution in [0, 0.1) is 5.92 Å². The molecule has 4 aromatic rings. The van der Waals surface area contributed by atoms with Gasteiger partial charge in [-0.25, -0.2) is 9.88 Å². The van der Waals surface area contributed by atoms with E-state index in [-0.39, 0.29) is 36.5 Å². The highest BCUT2D eigenvalue weighted by atomic mass is 32.2. The number of rotatable bonds is 7. The molecule has 2 amide bonds. The smallest absolute Gasteiger partial charge is 0.266 e. The molecule has 202 valence electrons. The van der Waals surface area contributed by atoms with Crippen LogP contribution in [0.2, 0.25) is 0 Å². The molecule has 8 heteroatoms.